The van der Waals surface area contributed by atoms with Crippen LogP contribution in [0.1, 0.15) is 136 Å². The van der Waals surface area contributed by atoms with Crippen LogP contribution in [0.2, 0.25) is 0 Å². The van der Waals surface area contributed by atoms with E-state index in [1.165, 1.54) is 32.1 Å². The zero-order chi connectivity index (χ0) is 29.5. The predicted octanol–water partition coefficient (Wildman–Crippen LogP) is 8.78. The summed E-state index contributed by atoms with van der Waals surface area (Å²) in [7, 11) is 0. The number of carboxylic acids is 1. The largest absolute Gasteiger partial charge is 0.480 e. The van der Waals surface area contributed by atoms with Gasteiger partial charge in [-0.25, -0.2) is 0 Å². The number of amides is 1. The minimum atomic E-state index is -1.03. The molecule has 0 heterocycles. The summed E-state index contributed by atoms with van der Waals surface area (Å²) in [5.74, 6) is -1.35. The quantitative estimate of drug-likeness (QED) is 0.0596. The van der Waals surface area contributed by atoms with Crippen LogP contribution in [-0.2, 0) is 19.1 Å². The zero-order valence-electron chi connectivity index (χ0n) is 25.4. The molecule has 0 aliphatic rings. The van der Waals surface area contributed by atoms with Crippen molar-refractivity contribution in [1.82, 2.24) is 5.32 Å². The Bertz CT molecular complexity index is 753. The lowest BCUT2D eigenvalue weighted by atomic mass is 10.1. The summed E-state index contributed by atoms with van der Waals surface area (Å²) < 4.78 is 5.82. The molecule has 0 saturated carbocycles. The van der Waals surface area contributed by atoms with Gasteiger partial charge in [0.2, 0.25) is 5.91 Å². The molecule has 228 valence electrons. The summed E-state index contributed by atoms with van der Waals surface area (Å²) in [6.45, 7) is 4.03. The Labute approximate surface area is 244 Å². The fourth-order valence-electron chi connectivity index (χ4n) is 4.19. The molecule has 1 unspecified atom stereocenters. The number of allylic oxidation sites excluding steroid dienone is 7. The number of aliphatic carboxylic acids is 1. The summed E-state index contributed by atoms with van der Waals surface area (Å²) in [5, 5.41) is 11.0. The standard InChI is InChI=1S/C34H57NO5/c1-3-5-7-9-11-12-13-14-16-18-22-26-31(40-34(39)29-25-21-15-10-8-6-4-2)27-23-19-17-20-24-28-32(36)35-30-33(37)38/h5,7,11-12,14,16,22,26,31H,3-4,6,8-10,13,15,17-21,23-25,27-30H2,1-2H3,(H,35,36)(H,37,38)/b7-5-,12-11-,16-14-,26-22-. The second kappa shape index (κ2) is 29.4. The first kappa shape index (κ1) is 37.4. The lowest BCUT2D eigenvalue weighted by Crippen LogP contribution is -2.28. The maximum atomic E-state index is 12.5. The van der Waals surface area contributed by atoms with Crippen LogP contribution in [0.4, 0.5) is 0 Å². The van der Waals surface area contributed by atoms with Crippen molar-refractivity contribution < 1.29 is 24.2 Å². The summed E-state index contributed by atoms with van der Waals surface area (Å²) in [4.78, 5) is 34.6. The van der Waals surface area contributed by atoms with E-state index in [0.29, 0.717) is 12.8 Å². The normalized spacial score (nSPS) is 12.7. The molecule has 1 atom stereocenters. The third kappa shape index (κ3) is 28.4. The molecule has 0 radical (unpaired) electrons. The first-order chi connectivity index (χ1) is 19.5. The zero-order valence-corrected chi connectivity index (χ0v) is 25.4. The van der Waals surface area contributed by atoms with Crippen LogP contribution < -0.4 is 5.32 Å². The molecular formula is C34H57NO5. The van der Waals surface area contributed by atoms with E-state index < -0.39 is 5.97 Å². The Morgan fingerprint density at radius 3 is 1.80 bits per heavy atom. The van der Waals surface area contributed by atoms with Gasteiger partial charge in [-0.1, -0.05) is 114 Å². The molecule has 0 aromatic heterocycles. The monoisotopic (exact) mass is 559 g/mol. The number of carbonyl (C=O) groups is 3. The molecule has 2 N–H and O–H groups in total. The Balaban J connectivity index is 4.39. The molecule has 0 aliphatic heterocycles. The van der Waals surface area contributed by atoms with Crippen LogP contribution in [0.3, 0.4) is 0 Å². The maximum Gasteiger partial charge on any atom is 0.322 e. The van der Waals surface area contributed by atoms with Crippen LogP contribution in [0.5, 0.6) is 0 Å². The van der Waals surface area contributed by atoms with Gasteiger partial charge in [-0.3, -0.25) is 14.4 Å². The van der Waals surface area contributed by atoms with Gasteiger partial charge < -0.3 is 15.2 Å². The SMILES string of the molecule is CC/C=C\C/C=C\C/C=C\C/C=C\C(CCCCCCCC(=O)NCC(=O)O)OC(=O)CCCCCCCCC. The van der Waals surface area contributed by atoms with E-state index in [4.69, 9.17) is 9.84 Å². The van der Waals surface area contributed by atoms with Gasteiger partial charge in [-0.2, -0.15) is 0 Å². The average Bonchev–Trinajstić information content (AvgIpc) is 2.93. The van der Waals surface area contributed by atoms with Gasteiger partial charge in [-0.15, -0.1) is 0 Å². The number of unbranched alkanes of at least 4 members (excludes halogenated alkanes) is 10. The van der Waals surface area contributed by atoms with Gasteiger partial charge in [-0.05, 0) is 57.4 Å². The van der Waals surface area contributed by atoms with E-state index >= 15 is 0 Å². The number of carbonyl (C=O) groups excluding carboxylic acids is 2. The minimum absolute atomic E-state index is 0.103. The number of esters is 1. The molecule has 6 nitrogen and oxygen atoms in total. The highest BCUT2D eigenvalue weighted by Gasteiger charge is 2.11. The first-order valence-corrected chi connectivity index (χ1v) is 15.8. The molecule has 0 aliphatic carbocycles. The van der Waals surface area contributed by atoms with Crippen LogP contribution in [-0.4, -0.2) is 35.6 Å². The molecule has 40 heavy (non-hydrogen) atoms. The van der Waals surface area contributed by atoms with Crippen molar-refractivity contribution in [1.29, 1.82) is 0 Å². The van der Waals surface area contributed by atoms with E-state index in [1.54, 1.807) is 0 Å². The maximum absolute atomic E-state index is 12.5. The van der Waals surface area contributed by atoms with E-state index in [-0.39, 0.29) is 24.5 Å². The van der Waals surface area contributed by atoms with Gasteiger partial charge >= 0.3 is 11.9 Å². The van der Waals surface area contributed by atoms with E-state index in [9.17, 15) is 14.4 Å². The van der Waals surface area contributed by atoms with Crippen molar-refractivity contribution in [3.8, 4) is 0 Å². The van der Waals surface area contributed by atoms with Crippen LogP contribution in [0.25, 0.3) is 0 Å². The topological polar surface area (TPSA) is 92.7 Å². The molecule has 0 spiro atoms. The van der Waals surface area contributed by atoms with Crippen LogP contribution in [0, 0.1) is 0 Å². The summed E-state index contributed by atoms with van der Waals surface area (Å²) in [6.07, 6.45) is 35.3. The van der Waals surface area contributed by atoms with E-state index in [0.717, 1.165) is 77.0 Å². The van der Waals surface area contributed by atoms with Gasteiger partial charge in [0.25, 0.3) is 0 Å². The second-order valence-electron chi connectivity index (χ2n) is 10.3. The molecule has 0 aromatic carbocycles. The average molecular weight is 560 g/mol. The molecule has 1 amide bonds. The van der Waals surface area contributed by atoms with Crippen molar-refractivity contribution in [2.45, 2.75) is 142 Å². The van der Waals surface area contributed by atoms with Crippen molar-refractivity contribution >= 4 is 17.8 Å². The van der Waals surface area contributed by atoms with E-state index in [1.807, 2.05) is 6.08 Å². The number of ether oxygens (including phenoxy) is 1. The number of hydrogen-bond donors (Lipinski definition) is 2. The predicted molar refractivity (Wildman–Crippen MR) is 166 cm³/mol. The van der Waals surface area contributed by atoms with E-state index in [2.05, 4.69) is 61.7 Å². The highest BCUT2D eigenvalue weighted by atomic mass is 16.5. The number of nitrogens with one attached hydrogen (secondary N) is 1. The van der Waals surface area contributed by atoms with Gasteiger partial charge in [0.15, 0.2) is 0 Å². The van der Waals surface area contributed by atoms with Crippen molar-refractivity contribution in [3.63, 3.8) is 0 Å². The lowest BCUT2D eigenvalue weighted by molar-refractivity contribution is -0.147. The highest BCUT2D eigenvalue weighted by Crippen LogP contribution is 2.14. The van der Waals surface area contributed by atoms with Crippen molar-refractivity contribution in [3.05, 3.63) is 48.6 Å². The summed E-state index contributed by atoms with van der Waals surface area (Å²) in [5.41, 5.74) is 0. The molecule has 0 bridgehead atoms. The third-order valence-corrected chi connectivity index (χ3v) is 6.50. The van der Waals surface area contributed by atoms with Crippen LogP contribution in [0.15, 0.2) is 48.6 Å². The Hall–Kier alpha value is -2.63. The third-order valence-electron chi connectivity index (χ3n) is 6.50. The molecule has 6 heteroatoms. The van der Waals surface area contributed by atoms with Crippen molar-refractivity contribution in [2.75, 3.05) is 6.54 Å². The number of hydrogen-bond acceptors (Lipinski definition) is 4. The summed E-state index contributed by atoms with van der Waals surface area (Å²) in [6, 6.07) is 0. The van der Waals surface area contributed by atoms with Gasteiger partial charge in [0, 0.05) is 12.8 Å². The smallest absolute Gasteiger partial charge is 0.322 e. The Morgan fingerprint density at radius 1 is 0.675 bits per heavy atom. The molecule has 0 saturated heterocycles. The van der Waals surface area contributed by atoms with Gasteiger partial charge in [0.05, 0.1) is 0 Å². The molecule has 0 fully saturated rings. The Kier molecular flexibility index (Phi) is 27.4. The van der Waals surface area contributed by atoms with Gasteiger partial charge in [0.1, 0.15) is 12.6 Å². The lowest BCUT2D eigenvalue weighted by Gasteiger charge is -2.14. The Morgan fingerprint density at radius 2 is 1.20 bits per heavy atom. The first-order valence-electron chi connectivity index (χ1n) is 15.8. The molecule has 0 aromatic rings. The molecule has 0 rings (SSSR count). The number of carboxylic acid groups (broad SMARTS) is 1. The number of rotatable bonds is 27. The fraction of sp³-hybridized carbons (Fsp3) is 0.676. The van der Waals surface area contributed by atoms with Crippen LogP contribution >= 0.6 is 0 Å². The second-order valence-corrected chi connectivity index (χ2v) is 10.3. The fourth-order valence-corrected chi connectivity index (χ4v) is 4.19. The summed E-state index contributed by atoms with van der Waals surface area (Å²) >= 11 is 0. The minimum Gasteiger partial charge on any atom is -0.480 e. The molecular weight excluding hydrogens is 502 g/mol. The van der Waals surface area contributed by atoms with Crippen molar-refractivity contribution in [2.24, 2.45) is 0 Å². The highest BCUT2D eigenvalue weighted by molar-refractivity contribution is 5.80.